The lowest BCUT2D eigenvalue weighted by molar-refractivity contribution is 0.176. The minimum Gasteiger partial charge on any atom is -0.299 e. The van der Waals surface area contributed by atoms with Crippen molar-refractivity contribution in [2.24, 2.45) is 5.92 Å². The van der Waals surface area contributed by atoms with E-state index in [0.717, 1.165) is 12.5 Å². The minimum atomic E-state index is 0.854. The van der Waals surface area contributed by atoms with E-state index in [4.69, 9.17) is 0 Å². The molecule has 1 aliphatic rings. The summed E-state index contributed by atoms with van der Waals surface area (Å²) >= 11 is 0. The van der Waals surface area contributed by atoms with Gasteiger partial charge >= 0.3 is 0 Å². The van der Waals surface area contributed by atoms with Crippen LogP contribution in [0.5, 0.6) is 0 Å². The van der Waals surface area contributed by atoms with Crippen LogP contribution in [0.1, 0.15) is 25.3 Å². The topological polar surface area (TPSA) is 3.24 Å². The molecule has 0 bridgehead atoms. The molecular formula is C19H23N. The predicted octanol–water partition coefficient (Wildman–Crippen LogP) is 4.59. The van der Waals surface area contributed by atoms with Gasteiger partial charge in [0.05, 0.1) is 0 Å². The van der Waals surface area contributed by atoms with Crippen molar-refractivity contribution in [2.45, 2.75) is 26.3 Å². The molecule has 0 aliphatic carbocycles. The third-order valence-corrected chi connectivity index (χ3v) is 4.21. The van der Waals surface area contributed by atoms with Crippen LogP contribution in [0.4, 0.5) is 0 Å². The maximum absolute atomic E-state index is 2.59. The molecule has 0 amide bonds. The Balaban J connectivity index is 1.67. The summed E-state index contributed by atoms with van der Waals surface area (Å²) < 4.78 is 0. The molecule has 1 fully saturated rings. The van der Waals surface area contributed by atoms with Crippen LogP contribution >= 0.6 is 0 Å². The average Bonchev–Trinajstić information content (AvgIpc) is 2.49. The molecule has 1 heteroatoms. The summed E-state index contributed by atoms with van der Waals surface area (Å²) in [6.45, 7) is 5.97. The van der Waals surface area contributed by atoms with Crippen molar-refractivity contribution in [2.75, 3.05) is 13.1 Å². The SMILES string of the molecule is CC1CCCN(Cc2ccc(-c3ccccc3)cc2)C1. The zero-order valence-corrected chi connectivity index (χ0v) is 12.3. The van der Waals surface area contributed by atoms with E-state index in [1.807, 2.05) is 0 Å². The molecule has 2 aromatic carbocycles. The van der Waals surface area contributed by atoms with E-state index in [0.29, 0.717) is 0 Å². The molecule has 0 N–H and O–H groups in total. The zero-order valence-electron chi connectivity index (χ0n) is 12.3. The van der Waals surface area contributed by atoms with E-state index >= 15 is 0 Å². The van der Waals surface area contributed by atoms with Gasteiger partial charge in [-0.2, -0.15) is 0 Å². The normalized spacial score (nSPS) is 19.9. The Morgan fingerprint density at radius 1 is 0.950 bits per heavy atom. The molecule has 2 aromatic rings. The molecule has 104 valence electrons. The van der Waals surface area contributed by atoms with Crippen molar-refractivity contribution in [1.29, 1.82) is 0 Å². The third-order valence-electron chi connectivity index (χ3n) is 4.21. The second-order valence-corrected chi connectivity index (χ2v) is 6.05. The predicted molar refractivity (Wildman–Crippen MR) is 85.6 cm³/mol. The van der Waals surface area contributed by atoms with Crippen LogP contribution in [0.15, 0.2) is 54.6 Å². The highest BCUT2D eigenvalue weighted by Gasteiger charge is 2.15. The van der Waals surface area contributed by atoms with Gasteiger partial charge in [-0.15, -0.1) is 0 Å². The minimum absolute atomic E-state index is 0.854. The van der Waals surface area contributed by atoms with E-state index in [9.17, 15) is 0 Å². The van der Waals surface area contributed by atoms with Gasteiger partial charge in [0.15, 0.2) is 0 Å². The first-order valence-electron chi connectivity index (χ1n) is 7.68. The summed E-state index contributed by atoms with van der Waals surface area (Å²) in [5.41, 5.74) is 4.03. The first-order chi connectivity index (χ1) is 9.81. The first kappa shape index (κ1) is 13.4. The number of piperidine rings is 1. The van der Waals surface area contributed by atoms with Crippen molar-refractivity contribution >= 4 is 0 Å². The van der Waals surface area contributed by atoms with E-state index < -0.39 is 0 Å². The van der Waals surface area contributed by atoms with Gasteiger partial charge in [-0.3, -0.25) is 4.90 Å². The monoisotopic (exact) mass is 265 g/mol. The second kappa shape index (κ2) is 6.23. The lowest BCUT2D eigenvalue weighted by atomic mass is 9.99. The van der Waals surface area contributed by atoms with Crippen molar-refractivity contribution in [3.05, 3.63) is 60.2 Å². The molecule has 3 rings (SSSR count). The molecule has 0 saturated carbocycles. The van der Waals surface area contributed by atoms with Crippen LogP contribution in [0.2, 0.25) is 0 Å². The fraction of sp³-hybridized carbons (Fsp3) is 0.368. The van der Waals surface area contributed by atoms with Crippen LogP contribution in [0.25, 0.3) is 11.1 Å². The summed E-state index contributed by atoms with van der Waals surface area (Å²) in [5.74, 6) is 0.854. The Bertz CT molecular complexity index is 529. The summed E-state index contributed by atoms with van der Waals surface area (Å²) in [7, 11) is 0. The first-order valence-corrected chi connectivity index (χ1v) is 7.68. The smallest absolute Gasteiger partial charge is 0.0233 e. The summed E-state index contributed by atoms with van der Waals surface area (Å²) in [4.78, 5) is 2.59. The van der Waals surface area contributed by atoms with Gasteiger partial charge in [0, 0.05) is 13.1 Å². The number of benzene rings is 2. The molecule has 1 unspecified atom stereocenters. The Morgan fingerprint density at radius 2 is 1.65 bits per heavy atom. The van der Waals surface area contributed by atoms with Crippen LogP contribution in [0, 0.1) is 5.92 Å². The van der Waals surface area contributed by atoms with Gasteiger partial charge < -0.3 is 0 Å². The molecule has 0 aromatic heterocycles. The van der Waals surface area contributed by atoms with Gasteiger partial charge in [-0.05, 0) is 42.0 Å². The highest BCUT2D eigenvalue weighted by molar-refractivity contribution is 5.63. The third kappa shape index (κ3) is 3.29. The number of likely N-dealkylation sites (tertiary alicyclic amines) is 1. The van der Waals surface area contributed by atoms with Crippen molar-refractivity contribution < 1.29 is 0 Å². The Morgan fingerprint density at radius 3 is 2.35 bits per heavy atom. The van der Waals surface area contributed by atoms with Crippen molar-refractivity contribution in [3.63, 3.8) is 0 Å². The lowest BCUT2D eigenvalue weighted by Crippen LogP contribution is -2.33. The zero-order chi connectivity index (χ0) is 13.8. The molecule has 0 radical (unpaired) electrons. The Kier molecular flexibility index (Phi) is 4.17. The highest BCUT2D eigenvalue weighted by atomic mass is 15.1. The number of rotatable bonds is 3. The van der Waals surface area contributed by atoms with Crippen molar-refractivity contribution in [3.8, 4) is 11.1 Å². The molecular weight excluding hydrogens is 242 g/mol. The Hall–Kier alpha value is -1.60. The van der Waals surface area contributed by atoms with Gasteiger partial charge in [0.2, 0.25) is 0 Å². The Labute approximate surface area is 122 Å². The van der Waals surface area contributed by atoms with Gasteiger partial charge in [-0.1, -0.05) is 61.5 Å². The molecule has 1 saturated heterocycles. The van der Waals surface area contributed by atoms with E-state index in [2.05, 4.69) is 66.4 Å². The van der Waals surface area contributed by atoms with Gasteiger partial charge in [-0.25, -0.2) is 0 Å². The van der Waals surface area contributed by atoms with E-state index in [1.165, 1.54) is 42.6 Å². The number of nitrogens with zero attached hydrogens (tertiary/aromatic N) is 1. The van der Waals surface area contributed by atoms with E-state index in [1.54, 1.807) is 0 Å². The van der Waals surface area contributed by atoms with E-state index in [-0.39, 0.29) is 0 Å². The quantitative estimate of drug-likeness (QED) is 0.785. The van der Waals surface area contributed by atoms with Crippen LogP contribution in [0.3, 0.4) is 0 Å². The number of hydrogen-bond acceptors (Lipinski definition) is 1. The van der Waals surface area contributed by atoms with Gasteiger partial charge in [0.25, 0.3) is 0 Å². The van der Waals surface area contributed by atoms with Gasteiger partial charge in [0.1, 0.15) is 0 Å². The van der Waals surface area contributed by atoms with Crippen LogP contribution < -0.4 is 0 Å². The summed E-state index contributed by atoms with van der Waals surface area (Å²) in [5, 5.41) is 0. The maximum atomic E-state index is 2.59. The average molecular weight is 265 g/mol. The molecule has 1 atom stereocenters. The largest absolute Gasteiger partial charge is 0.299 e. The van der Waals surface area contributed by atoms with Crippen molar-refractivity contribution in [1.82, 2.24) is 4.90 Å². The molecule has 20 heavy (non-hydrogen) atoms. The number of hydrogen-bond donors (Lipinski definition) is 0. The van der Waals surface area contributed by atoms with Crippen LogP contribution in [-0.2, 0) is 6.54 Å². The maximum Gasteiger partial charge on any atom is 0.0233 e. The highest BCUT2D eigenvalue weighted by Crippen LogP contribution is 2.21. The standard InChI is InChI=1S/C19H23N/c1-16-6-5-13-20(14-16)15-17-9-11-19(12-10-17)18-7-3-2-4-8-18/h2-4,7-12,16H,5-6,13-15H2,1H3. The summed E-state index contributed by atoms with van der Waals surface area (Å²) in [6.07, 6.45) is 2.74. The lowest BCUT2D eigenvalue weighted by Gasteiger charge is -2.30. The molecule has 1 nitrogen and oxygen atoms in total. The molecule has 1 aliphatic heterocycles. The molecule has 1 heterocycles. The molecule has 0 spiro atoms. The fourth-order valence-electron chi connectivity index (χ4n) is 3.12. The second-order valence-electron chi connectivity index (χ2n) is 6.05. The fourth-order valence-corrected chi connectivity index (χ4v) is 3.12. The summed E-state index contributed by atoms with van der Waals surface area (Å²) in [6, 6.07) is 19.6. The van der Waals surface area contributed by atoms with Crippen LogP contribution in [-0.4, -0.2) is 18.0 Å².